The van der Waals surface area contributed by atoms with Crippen molar-refractivity contribution in [3.05, 3.63) is 75.9 Å². The lowest BCUT2D eigenvalue weighted by Gasteiger charge is -2.31. The molecule has 0 bridgehead atoms. The molecule has 1 unspecified atom stereocenters. The summed E-state index contributed by atoms with van der Waals surface area (Å²) < 4.78 is 47.2. The number of hydrogen-bond donors (Lipinski definition) is 1. The number of anilines is 1. The van der Waals surface area contributed by atoms with E-state index in [1.807, 2.05) is 26.8 Å². The van der Waals surface area contributed by atoms with Crippen LogP contribution in [0.15, 0.2) is 45.8 Å². The molecule has 3 aromatic rings. The molecule has 1 fully saturated rings. The molecule has 9 heteroatoms. The maximum Gasteiger partial charge on any atom is 0.248 e. The molecule has 1 N–H and O–H groups in total. The van der Waals surface area contributed by atoms with Crippen LogP contribution in [0.2, 0.25) is 0 Å². The topological polar surface area (TPSA) is 92.5 Å². The molecule has 0 radical (unpaired) electrons. The molecule has 1 amide bonds. The van der Waals surface area contributed by atoms with Gasteiger partial charge in [0.1, 0.15) is 11.5 Å². The van der Waals surface area contributed by atoms with Gasteiger partial charge in [-0.15, -0.1) is 0 Å². The number of piperidine rings is 1. The van der Waals surface area contributed by atoms with Crippen molar-refractivity contribution < 1.29 is 22.1 Å². The van der Waals surface area contributed by atoms with Gasteiger partial charge in [-0.05, 0) is 87.6 Å². The fourth-order valence-corrected chi connectivity index (χ4v) is 6.47. The zero-order valence-corrected chi connectivity index (χ0v) is 21.7. The van der Waals surface area contributed by atoms with E-state index in [4.69, 9.17) is 4.52 Å². The van der Waals surface area contributed by atoms with Crippen LogP contribution in [0.3, 0.4) is 0 Å². The highest BCUT2D eigenvalue weighted by Crippen LogP contribution is 2.30. The summed E-state index contributed by atoms with van der Waals surface area (Å²) in [7, 11) is -3.96. The van der Waals surface area contributed by atoms with Crippen LogP contribution >= 0.6 is 0 Å². The Hall–Kier alpha value is -3.30. The highest BCUT2D eigenvalue weighted by atomic mass is 32.2. The molecule has 1 saturated heterocycles. The first-order chi connectivity index (χ1) is 17.1. The number of amides is 1. The summed E-state index contributed by atoms with van der Waals surface area (Å²) >= 11 is 0. The van der Waals surface area contributed by atoms with Gasteiger partial charge < -0.3 is 9.84 Å². The second-order valence-electron chi connectivity index (χ2n) is 9.31. The number of benzene rings is 2. The fourth-order valence-electron chi connectivity index (χ4n) is 4.69. The molecule has 36 heavy (non-hydrogen) atoms. The summed E-state index contributed by atoms with van der Waals surface area (Å²) in [6.45, 7) is 7.98. The molecule has 1 aliphatic heterocycles. The molecular weight excluding hydrogens is 481 g/mol. The molecule has 0 aliphatic carbocycles. The van der Waals surface area contributed by atoms with Crippen LogP contribution in [0.4, 0.5) is 10.1 Å². The Labute approximate surface area is 211 Å². The van der Waals surface area contributed by atoms with Crippen LogP contribution in [0, 0.1) is 39.4 Å². The molecule has 0 spiro atoms. The van der Waals surface area contributed by atoms with E-state index in [0.717, 1.165) is 22.3 Å². The van der Waals surface area contributed by atoms with Gasteiger partial charge in [0.25, 0.3) is 0 Å². The van der Waals surface area contributed by atoms with Crippen molar-refractivity contribution in [2.75, 3.05) is 18.4 Å². The number of hydrogen-bond acceptors (Lipinski definition) is 5. The van der Waals surface area contributed by atoms with Crippen LogP contribution < -0.4 is 5.32 Å². The Kier molecular flexibility index (Phi) is 7.42. The molecule has 0 saturated carbocycles. The van der Waals surface area contributed by atoms with Crippen molar-refractivity contribution in [2.24, 2.45) is 5.92 Å². The van der Waals surface area contributed by atoms with E-state index in [-0.39, 0.29) is 28.8 Å². The highest BCUT2D eigenvalue weighted by Gasteiger charge is 2.37. The first-order valence-electron chi connectivity index (χ1n) is 11.8. The highest BCUT2D eigenvalue weighted by molar-refractivity contribution is 7.89. The number of aryl methyl sites for hydroxylation is 4. The number of rotatable bonds is 6. The maximum absolute atomic E-state index is 13.7. The average molecular weight is 512 g/mol. The average Bonchev–Trinajstić information content (AvgIpc) is 3.21. The van der Waals surface area contributed by atoms with E-state index in [1.54, 1.807) is 13.0 Å². The van der Waals surface area contributed by atoms with Crippen LogP contribution in [0.1, 0.15) is 46.5 Å². The lowest BCUT2D eigenvalue weighted by atomic mass is 9.99. The third-order valence-electron chi connectivity index (χ3n) is 6.44. The van der Waals surface area contributed by atoms with Crippen LogP contribution in [-0.2, 0) is 14.8 Å². The molecule has 1 aromatic heterocycles. The monoisotopic (exact) mass is 511 g/mol. The minimum absolute atomic E-state index is 0.0146. The van der Waals surface area contributed by atoms with Crippen LogP contribution in [0.5, 0.6) is 0 Å². The molecule has 1 atom stereocenters. The second kappa shape index (κ2) is 10.4. The Bertz CT molecular complexity index is 1390. The molecule has 1 aliphatic rings. The number of carbonyl (C=O) groups excluding carboxylic acids is 1. The summed E-state index contributed by atoms with van der Waals surface area (Å²) in [5.41, 5.74) is 5.04. The van der Waals surface area contributed by atoms with E-state index in [9.17, 15) is 17.6 Å². The van der Waals surface area contributed by atoms with E-state index in [1.165, 1.54) is 28.6 Å². The molecule has 190 valence electrons. The third kappa shape index (κ3) is 5.42. The van der Waals surface area contributed by atoms with Gasteiger partial charge in [0, 0.05) is 18.8 Å². The van der Waals surface area contributed by atoms with Gasteiger partial charge in [-0.1, -0.05) is 28.9 Å². The largest absolute Gasteiger partial charge is 0.355 e. The number of nitrogens with one attached hydrogen (secondary N) is 1. The Morgan fingerprint density at radius 3 is 2.44 bits per heavy atom. The lowest BCUT2D eigenvalue weighted by molar-refractivity contribution is -0.120. The zero-order valence-electron chi connectivity index (χ0n) is 20.8. The molecule has 2 aromatic carbocycles. The van der Waals surface area contributed by atoms with Crippen molar-refractivity contribution in [3.8, 4) is 0 Å². The zero-order chi connectivity index (χ0) is 26.0. The van der Waals surface area contributed by atoms with Crippen LogP contribution in [0.25, 0.3) is 12.2 Å². The van der Waals surface area contributed by atoms with E-state index in [0.29, 0.717) is 25.1 Å². The Morgan fingerprint density at radius 2 is 1.78 bits per heavy atom. The second-order valence-corrected chi connectivity index (χ2v) is 11.2. The Balaban J connectivity index is 1.56. The minimum atomic E-state index is -3.96. The molecule has 4 rings (SSSR count). The SMILES string of the molecule is Cc1cc(C)c(C=Cc2onc(C)c2S(=O)(=O)N2CCCC(C(=O)Nc3ccc(F)cc3)C2)c(C)c1. The number of carbonyl (C=O) groups is 1. The van der Waals surface area contributed by atoms with Crippen molar-refractivity contribution in [1.29, 1.82) is 0 Å². The van der Waals surface area contributed by atoms with Gasteiger partial charge in [0.2, 0.25) is 15.9 Å². The predicted molar refractivity (Wildman–Crippen MR) is 137 cm³/mol. The smallest absolute Gasteiger partial charge is 0.248 e. The lowest BCUT2D eigenvalue weighted by Crippen LogP contribution is -2.43. The van der Waals surface area contributed by atoms with E-state index >= 15 is 0 Å². The normalized spacial score (nSPS) is 17.0. The van der Waals surface area contributed by atoms with Crippen molar-refractivity contribution in [1.82, 2.24) is 9.46 Å². The van der Waals surface area contributed by atoms with Crippen LogP contribution in [-0.4, -0.2) is 36.9 Å². The summed E-state index contributed by atoms with van der Waals surface area (Å²) in [6, 6.07) is 9.61. The number of nitrogens with zero attached hydrogens (tertiary/aromatic N) is 2. The number of halogens is 1. The summed E-state index contributed by atoms with van der Waals surface area (Å²) in [6.07, 6.45) is 4.58. The van der Waals surface area contributed by atoms with Gasteiger partial charge in [-0.3, -0.25) is 4.79 Å². The Morgan fingerprint density at radius 1 is 1.11 bits per heavy atom. The van der Waals surface area contributed by atoms with Gasteiger partial charge >= 0.3 is 0 Å². The van der Waals surface area contributed by atoms with Crippen molar-refractivity contribution in [2.45, 2.75) is 45.4 Å². The third-order valence-corrected chi connectivity index (χ3v) is 8.46. The minimum Gasteiger partial charge on any atom is -0.355 e. The summed E-state index contributed by atoms with van der Waals surface area (Å²) in [5.74, 6) is -1.07. The van der Waals surface area contributed by atoms with Crippen molar-refractivity contribution in [3.63, 3.8) is 0 Å². The fraction of sp³-hybridized carbons (Fsp3) is 0.333. The predicted octanol–water partition coefficient (Wildman–Crippen LogP) is 5.26. The first kappa shape index (κ1) is 25.8. The quantitative estimate of drug-likeness (QED) is 0.488. The van der Waals surface area contributed by atoms with E-state index in [2.05, 4.69) is 22.6 Å². The first-order valence-corrected chi connectivity index (χ1v) is 13.3. The van der Waals surface area contributed by atoms with Crippen molar-refractivity contribution >= 4 is 33.8 Å². The van der Waals surface area contributed by atoms with Gasteiger partial charge in [-0.25, -0.2) is 12.8 Å². The molecule has 2 heterocycles. The van der Waals surface area contributed by atoms with Gasteiger partial charge in [0.15, 0.2) is 10.7 Å². The maximum atomic E-state index is 13.7. The van der Waals surface area contributed by atoms with Gasteiger partial charge in [-0.2, -0.15) is 4.31 Å². The summed E-state index contributed by atoms with van der Waals surface area (Å²) in [5, 5.41) is 6.68. The number of aromatic nitrogens is 1. The molecule has 7 nitrogen and oxygen atoms in total. The summed E-state index contributed by atoms with van der Waals surface area (Å²) in [4.78, 5) is 12.8. The standard InChI is InChI=1S/C27H30FN3O4S/c1-17-14-18(2)24(19(3)15-17)11-12-25-26(20(4)30-35-25)36(33,34)31-13-5-6-21(16-31)27(32)29-23-9-7-22(28)8-10-23/h7-12,14-15,21H,5-6,13,16H2,1-4H3,(H,29,32). The molecular formula is C27H30FN3O4S. The van der Waals surface area contributed by atoms with Gasteiger partial charge in [0.05, 0.1) is 5.92 Å². The number of sulfonamides is 1. The van der Waals surface area contributed by atoms with E-state index < -0.39 is 21.8 Å².